The molecule has 0 heterocycles. The molecule has 0 rings (SSSR count). The van der Waals surface area contributed by atoms with E-state index in [1.54, 1.807) is 0 Å². The van der Waals surface area contributed by atoms with Gasteiger partial charge in [0, 0.05) is 6.04 Å². The van der Waals surface area contributed by atoms with Gasteiger partial charge in [0.15, 0.2) is 0 Å². The van der Waals surface area contributed by atoms with Gasteiger partial charge >= 0.3 is 0 Å². The van der Waals surface area contributed by atoms with Crippen molar-refractivity contribution in [2.24, 2.45) is 0 Å². The van der Waals surface area contributed by atoms with Gasteiger partial charge in [-0.3, -0.25) is 0 Å². The van der Waals surface area contributed by atoms with Crippen molar-refractivity contribution < 1.29 is 0 Å². The number of rotatable bonds is 24. The van der Waals surface area contributed by atoms with Crippen LogP contribution in [0.2, 0.25) is 0 Å². The van der Waals surface area contributed by atoms with E-state index in [9.17, 15) is 0 Å². The van der Waals surface area contributed by atoms with E-state index >= 15 is 0 Å². The normalized spacial score (nSPS) is 12.7. The van der Waals surface area contributed by atoms with Gasteiger partial charge in [-0.25, -0.2) is 0 Å². The molecule has 1 nitrogen and oxygen atoms in total. The first kappa shape index (κ1) is 29.0. The third kappa shape index (κ3) is 22.5. The fourth-order valence-corrected chi connectivity index (χ4v) is 4.57. The molecule has 0 N–H and O–H groups in total. The molecule has 1 unspecified atom stereocenters. The van der Waals surface area contributed by atoms with Crippen LogP contribution in [0.15, 0.2) is 0 Å². The molecule has 1 heteroatoms. The summed E-state index contributed by atoms with van der Waals surface area (Å²) in [5, 5.41) is 0. The molecule has 0 radical (unpaired) electrons. The van der Waals surface area contributed by atoms with Crippen LogP contribution in [0.3, 0.4) is 0 Å². The molecular formula is C28H59N. The summed E-state index contributed by atoms with van der Waals surface area (Å²) in [5.74, 6) is 0. The minimum absolute atomic E-state index is 0.822. The van der Waals surface area contributed by atoms with Gasteiger partial charge in [-0.2, -0.15) is 0 Å². The molecule has 0 aromatic rings. The summed E-state index contributed by atoms with van der Waals surface area (Å²) in [6, 6.07) is 0.822. The van der Waals surface area contributed by atoms with Gasteiger partial charge < -0.3 is 4.90 Å². The van der Waals surface area contributed by atoms with Crippen LogP contribution in [0.1, 0.15) is 162 Å². The lowest BCUT2D eigenvalue weighted by atomic mass is 9.99. The van der Waals surface area contributed by atoms with Crippen LogP contribution in [0.5, 0.6) is 0 Å². The zero-order chi connectivity index (χ0) is 21.4. The second-order valence-corrected chi connectivity index (χ2v) is 9.91. The van der Waals surface area contributed by atoms with E-state index in [1.165, 1.54) is 148 Å². The Morgan fingerprint density at radius 3 is 0.862 bits per heavy atom. The molecule has 0 aliphatic carbocycles. The van der Waals surface area contributed by atoms with Crippen molar-refractivity contribution in [1.82, 2.24) is 4.90 Å². The Morgan fingerprint density at radius 2 is 0.621 bits per heavy atom. The minimum Gasteiger partial charge on any atom is -0.306 e. The fourth-order valence-electron chi connectivity index (χ4n) is 4.57. The van der Waals surface area contributed by atoms with Crippen molar-refractivity contribution in [3.8, 4) is 0 Å². The third-order valence-corrected chi connectivity index (χ3v) is 6.76. The van der Waals surface area contributed by atoms with Crippen molar-refractivity contribution in [2.75, 3.05) is 14.1 Å². The molecule has 1 atom stereocenters. The Hall–Kier alpha value is -0.0400. The van der Waals surface area contributed by atoms with Crippen LogP contribution in [-0.2, 0) is 0 Å². The summed E-state index contributed by atoms with van der Waals surface area (Å²) in [6.07, 6.45) is 33.3. The molecule has 0 aliphatic rings. The maximum absolute atomic E-state index is 2.49. The maximum Gasteiger partial charge on any atom is 0.00891 e. The Balaban J connectivity index is 3.43. The first-order valence-corrected chi connectivity index (χ1v) is 13.9. The fraction of sp³-hybridized carbons (Fsp3) is 1.00. The maximum atomic E-state index is 2.49. The lowest BCUT2D eigenvalue weighted by molar-refractivity contribution is 0.251. The molecule has 0 spiro atoms. The molecule has 0 amide bonds. The smallest absolute Gasteiger partial charge is 0.00891 e. The molecule has 176 valence electrons. The molecule has 0 saturated carbocycles. The molecule has 0 saturated heterocycles. The Labute approximate surface area is 186 Å². The third-order valence-electron chi connectivity index (χ3n) is 6.76. The van der Waals surface area contributed by atoms with Gasteiger partial charge in [-0.05, 0) is 26.9 Å². The molecule has 0 aromatic carbocycles. The zero-order valence-corrected chi connectivity index (χ0v) is 21.3. The summed E-state index contributed by atoms with van der Waals surface area (Å²) in [4.78, 5) is 2.49. The Kier molecular flexibility index (Phi) is 24.2. The Morgan fingerprint density at radius 1 is 0.379 bits per heavy atom. The van der Waals surface area contributed by atoms with Crippen LogP contribution in [0.25, 0.3) is 0 Å². The highest BCUT2D eigenvalue weighted by atomic mass is 15.1. The van der Waals surface area contributed by atoms with Crippen molar-refractivity contribution in [1.29, 1.82) is 0 Å². The van der Waals surface area contributed by atoms with E-state index in [4.69, 9.17) is 0 Å². The van der Waals surface area contributed by atoms with Crippen LogP contribution in [0, 0.1) is 0 Å². The van der Waals surface area contributed by atoms with Gasteiger partial charge in [0.05, 0.1) is 0 Å². The van der Waals surface area contributed by atoms with Gasteiger partial charge in [0.2, 0.25) is 0 Å². The summed E-state index contributed by atoms with van der Waals surface area (Å²) < 4.78 is 0. The number of unbranched alkanes of at least 4 members (excludes halogenated alkanes) is 19. The number of nitrogens with zero attached hydrogens (tertiary/aromatic N) is 1. The van der Waals surface area contributed by atoms with Crippen molar-refractivity contribution in [3.63, 3.8) is 0 Å². The predicted molar refractivity (Wildman–Crippen MR) is 135 cm³/mol. The summed E-state index contributed by atoms with van der Waals surface area (Å²) in [6.45, 7) is 4.61. The molecule has 0 aromatic heterocycles. The molecule has 0 fully saturated rings. The second kappa shape index (κ2) is 24.2. The summed E-state index contributed by atoms with van der Waals surface area (Å²) in [7, 11) is 4.58. The molecule has 0 aliphatic heterocycles. The van der Waals surface area contributed by atoms with Crippen LogP contribution < -0.4 is 0 Å². The van der Waals surface area contributed by atoms with E-state index in [2.05, 4.69) is 32.8 Å². The van der Waals surface area contributed by atoms with E-state index in [1.807, 2.05) is 0 Å². The van der Waals surface area contributed by atoms with E-state index in [0.29, 0.717) is 0 Å². The predicted octanol–water partition coefficient (Wildman–Crippen LogP) is 9.93. The molecular weight excluding hydrogens is 350 g/mol. The van der Waals surface area contributed by atoms with Crippen molar-refractivity contribution >= 4 is 0 Å². The van der Waals surface area contributed by atoms with E-state index < -0.39 is 0 Å². The van der Waals surface area contributed by atoms with Gasteiger partial charge in [0.1, 0.15) is 0 Å². The van der Waals surface area contributed by atoms with Crippen LogP contribution in [0.4, 0.5) is 0 Å². The first-order valence-electron chi connectivity index (χ1n) is 13.9. The lowest BCUT2D eigenvalue weighted by Gasteiger charge is -2.24. The zero-order valence-electron chi connectivity index (χ0n) is 21.3. The second-order valence-electron chi connectivity index (χ2n) is 9.91. The quantitative estimate of drug-likeness (QED) is 0.143. The first-order chi connectivity index (χ1) is 14.2. The highest BCUT2D eigenvalue weighted by Gasteiger charge is 2.10. The largest absolute Gasteiger partial charge is 0.306 e. The highest BCUT2D eigenvalue weighted by Crippen LogP contribution is 2.18. The standard InChI is InChI=1S/C28H59N/c1-5-7-9-11-13-15-17-19-21-23-25-27-28(29(3)4)26-24-22-20-18-16-14-12-10-8-6-2/h28H,5-27H2,1-4H3. The Bertz CT molecular complexity index is 286. The average Bonchev–Trinajstić information content (AvgIpc) is 2.71. The highest BCUT2D eigenvalue weighted by molar-refractivity contribution is 4.67. The topological polar surface area (TPSA) is 3.24 Å². The number of hydrogen-bond acceptors (Lipinski definition) is 1. The van der Waals surface area contributed by atoms with Gasteiger partial charge in [0.25, 0.3) is 0 Å². The molecule has 0 bridgehead atoms. The SMILES string of the molecule is CCCCCCCCCCCCCC(CCCCCCCCCCCC)N(C)C. The van der Waals surface area contributed by atoms with Crippen molar-refractivity contribution in [3.05, 3.63) is 0 Å². The monoisotopic (exact) mass is 409 g/mol. The van der Waals surface area contributed by atoms with E-state index in [-0.39, 0.29) is 0 Å². The van der Waals surface area contributed by atoms with Crippen LogP contribution >= 0.6 is 0 Å². The van der Waals surface area contributed by atoms with E-state index in [0.717, 1.165) is 6.04 Å². The average molecular weight is 410 g/mol. The van der Waals surface area contributed by atoms with Crippen molar-refractivity contribution in [2.45, 2.75) is 168 Å². The minimum atomic E-state index is 0.822. The summed E-state index contributed by atoms with van der Waals surface area (Å²) in [5.41, 5.74) is 0. The molecule has 29 heavy (non-hydrogen) atoms. The van der Waals surface area contributed by atoms with Gasteiger partial charge in [-0.15, -0.1) is 0 Å². The van der Waals surface area contributed by atoms with Crippen LogP contribution in [-0.4, -0.2) is 25.0 Å². The number of hydrogen-bond donors (Lipinski definition) is 0. The van der Waals surface area contributed by atoms with Gasteiger partial charge in [-0.1, -0.05) is 149 Å². The summed E-state index contributed by atoms with van der Waals surface area (Å²) >= 11 is 0. The lowest BCUT2D eigenvalue weighted by Crippen LogP contribution is -2.27.